The maximum absolute atomic E-state index is 13.5. The first kappa shape index (κ1) is 32.3. The molecule has 0 spiro atoms. The van der Waals surface area contributed by atoms with Crippen LogP contribution in [0.1, 0.15) is 35.3 Å². The van der Waals surface area contributed by atoms with E-state index in [0.29, 0.717) is 43.8 Å². The third kappa shape index (κ3) is 9.60. The van der Waals surface area contributed by atoms with Crippen LogP contribution in [0.4, 0.5) is 26.3 Å². The monoisotopic (exact) mass is 534 g/mol. The molecule has 0 heterocycles. The van der Waals surface area contributed by atoms with Crippen LogP contribution < -0.4 is 14.8 Å². The van der Waals surface area contributed by atoms with Crippen molar-refractivity contribution >= 4 is 38.3 Å². The molecule has 5 nitrogen and oxygen atoms in total. The molecule has 196 valence electrons. The van der Waals surface area contributed by atoms with Crippen molar-refractivity contribution in [2.75, 3.05) is 39.6 Å². The van der Waals surface area contributed by atoms with E-state index in [-0.39, 0.29) is 49.7 Å². The van der Waals surface area contributed by atoms with Gasteiger partial charge in [-0.3, -0.25) is 4.79 Å². The van der Waals surface area contributed by atoms with Crippen LogP contribution in [0, 0.1) is 0 Å². The maximum atomic E-state index is 13.5. The molecule has 0 N–H and O–H groups in total. The van der Waals surface area contributed by atoms with Gasteiger partial charge in [-0.15, -0.1) is 0 Å². The molecule has 0 aliphatic carbocycles. The summed E-state index contributed by atoms with van der Waals surface area (Å²) in [5.74, 6) is 0.437. The second-order valence-corrected chi connectivity index (χ2v) is 8.17. The quantitative estimate of drug-likeness (QED) is 0.156. The minimum atomic E-state index is -5.15. The molecule has 0 aliphatic heterocycles. The Bertz CT molecular complexity index is 952. The van der Waals surface area contributed by atoms with Crippen LogP contribution >= 0.6 is 8.58 Å². The number of halogens is 6. The second kappa shape index (κ2) is 14.8. The number of alkyl halides is 6. The number of carbonyl (C=O) groups is 1. The van der Waals surface area contributed by atoms with Crippen molar-refractivity contribution in [1.29, 1.82) is 0 Å². The Morgan fingerprint density at radius 3 is 1.83 bits per heavy atom. The van der Waals surface area contributed by atoms with Gasteiger partial charge in [0.2, 0.25) is 0 Å². The molecule has 13 heteroatoms. The van der Waals surface area contributed by atoms with Gasteiger partial charge >= 0.3 is 31.2 Å². The van der Waals surface area contributed by atoms with E-state index in [0.717, 1.165) is 0 Å². The van der Waals surface area contributed by atoms with Crippen molar-refractivity contribution in [3.63, 3.8) is 0 Å². The molecule has 0 radical (unpaired) electrons. The average molecular weight is 534 g/mol. The van der Waals surface area contributed by atoms with E-state index in [4.69, 9.17) is 18.9 Å². The molecule has 0 amide bonds. The van der Waals surface area contributed by atoms with Gasteiger partial charge in [-0.05, 0) is 46.7 Å². The Hall–Kier alpha value is -1.76. The summed E-state index contributed by atoms with van der Waals surface area (Å²) in [5, 5.41) is 0.133. The third-order valence-corrected chi connectivity index (χ3v) is 5.65. The zero-order chi connectivity index (χ0) is 26.1. The Balaban J connectivity index is 0.00000648. The molecule has 36 heavy (non-hydrogen) atoms. The SMILES string of the molecule is CCOCCOc1ccc(PC(=O)c2c(C(F)(F)F)cccc2C(F)(F)F)c(OCCOCC)c1.[LiH]. The summed E-state index contributed by atoms with van der Waals surface area (Å²) in [6.07, 6.45) is -10.3. The molecule has 1 atom stereocenters. The average Bonchev–Trinajstić information content (AvgIpc) is 2.79. The summed E-state index contributed by atoms with van der Waals surface area (Å²) in [7, 11) is -1.07. The van der Waals surface area contributed by atoms with Crippen LogP contribution in [0.5, 0.6) is 11.5 Å². The summed E-state index contributed by atoms with van der Waals surface area (Å²) in [4.78, 5) is 12.9. The van der Waals surface area contributed by atoms with E-state index < -0.39 is 43.1 Å². The van der Waals surface area contributed by atoms with Crippen molar-refractivity contribution in [3.8, 4) is 11.5 Å². The van der Waals surface area contributed by atoms with Crippen molar-refractivity contribution in [3.05, 3.63) is 53.1 Å². The van der Waals surface area contributed by atoms with Gasteiger partial charge in [0.15, 0.2) is 5.52 Å². The zero-order valence-electron chi connectivity index (χ0n) is 19.0. The first-order chi connectivity index (χ1) is 16.5. The molecule has 2 rings (SSSR count). The van der Waals surface area contributed by atoms with Crippen molar-refractivity contribution < 1.29 is 50.1 Å². The van der Waals surface area contributed by atoms with Crippen LogP contribution in [-0.2, 0) is 21.8 Å². The predicted octanol–water partition coefficient (Wildman–Crippen LogP) is 5.05. The topological polar surface area (TPSA) is 54.0 Å². The number of hydrogen-bond acceptors (Lipinski definition) is 5. The van der Waals surface area contributed by atoms with Gasteiger partial charge in [-0.1, -0.05) is 6.07 Å². The molecule has 1 unspecified atom stereocenters. The van der Waals surface area contributed by atoms with E-state index in [1.165, 1.54) is 18.2 Å². The Morgan fingerprint density at radius 1 is 0.806 bits per heavy atom. The molecule has 0 bridgehead atoms. The number of carbonyl (C=O) groups excluding carboxylic acids is 1. The van der Waals surface area contributed by atoms with Crippen LogP contribution in [-0.4, -0.2) is 64.0 Å². The second-order valence-electron chi connectivity index (χ2n) is 6.93. The molecule has 2 aromatic carbocycles. The summed E-state index contributed by atoms with van der Waals surface area (Å²) >= 11 is 0. The van der Waals surface area contributed by atoms with Gasteiger partial charge in [0.05, 0.1) is 24.3 Å². The van der Waals surface area contributed by atoms with Gasteiger partial charge in [0, 0.05) is 30.1 Å². The molecule has 0 saturated heterocycles. The van der Waals surface area contributed by atoms with E-state index in [2.05, 4.69) is 0 Å². The Kier molecular flexibility index (Phi) is 13.3. The van der Waals surface area contributed by atoms with Gasteiger partial charge in [0.1, 0.15) is 24.7 Å². The Labute approximate surface area is 218 Å². The van der Waals surface area contributed by atoms with E-state index in [1.54, 1.807) is 6.92 Å². The summed E-state index contributed by atoms with van der Waals surface area (Å²) in [6.45, 7) is 5.27. The van der Waals surface area contributed by atoms with Crippen LogP contribution in [0.25, 0.3) is 0 Å². The predicted molar refractivity (Wildman–Crippen MR) is 126 cm³/mol. The minimum absolute atomic E-state index is 0. The molecule has 0 aliphatic rings. The fraction of sp³-hybridized carbons (Fsp3) is 0.435. The molecule has 0 fully saturated rings. The summed E-state index contributed by atoms with van der Waals surface area (Å²) in [5.41, 5.74) is -6.01. The molecular formula is C23H26F6LiO5P. The third-order valence-electron chi connectivity index (χ3n) is 4.49. The van der Waals surface area contributed by atoms with Gasteiger partial charge in [-0.2, -0.15) is 26.3 Å². The van der Waals surface area contributed by atoms with Gasteiger partial charge < -0.3 is 18.9 Å². The zero-order valence-corrected chi connectivity index (χ0v) is 20.0. The van der Waals surface area contributed by atoms with Crippen LogP contribution in [0.15, 0.2) is 36.4 Å². The molecule has 0 saturated carbocycles. The van der Waals surface area contributed by atoms with Gasteiger partial charge in [-0.25, -0.2) is 0 Å². The standard InChI is InChI=1S/C23H25F6O5P.Li.H/c1-3-31-10-12-33-15-8-9-19(18(14-15)34-13-11-32-4-2)35-21(30)20-16(22(24,25)26)6-5-7-17(20)23(27,28)29;;/h5-9,14,35H,3-4,10-13H2,1-2H3;;. The van der Waals surface area contributed by atoms with Crippen LogP contribution in [0.3, 0.4) is 0 Å². The van der Waals surface area contributed by atoms with E-state index in [1.807, 2.05) is 6.92 Å². The number of rotatable bonds is 13. The van der Waals surface area contributed by atoms with Crippen molar-refractivity contribution in [2.24, 2.45) is 0 Å². The fourth-order valence-corrected chi connectivity index (χ4v) is 4.06. The van der Waals surface area contributed by atoms with E-state index in [9.17, 15) is 31.1 Å². The molecule has 0 aromatic heterocycles. The van der Waals surface area contributed by atoms with Gasteiger partial charge in [0.25, 0.3) is 0 Å². The number of ether oxygens (including phenoxy) is 4. The van der Waals surface area contributed by atoms with Crippen molar-refractivity contribution in [2.45, 2.75) is 26.2 Å². The fourth-order valence-electron chi connectivity index (χ4n) is 2.99. The normalized spacial score (nSPS) is 12.0. The first-order valence-electron chi connectivity index (χ1n) is 10.6. The summed E-state index contributed by atoms with van der Waals surface area (Å²) in [6, 6.07) is 5.81. The van der Waals surface area contributed by atoms with E-state index >= 15 is 0 Å². The Morgan fingerprint density at radius 2 is 1.33 bits per heavy atom. The van der Waals surface area contributed by atoms with Crippen LogP contribution in [0.2, 0.25) is 0 Å². The molecular weight excluding hydrogens is 508 g/mol. The van der Waals surface area contributed by atoms with Crippen molar-refractivity contribution in [1.82, 2.24) is 0 Å². The first-order valence-corrected chi connectivity index (χ1v) is 11.6. The molecule has 2 aromatic rings. The number of benzene rings is 2. The summed E-state index contributed by atoms with van der Waals surface area (Å²) < 4.78 is 102. The number of hydrogen-bond donors (Lipinski definition) is 0.